The van der Waals surface area contributed by atoms with E-state index in [-0.39, 0.29) is 12.5 Å². The molecule has 0 aliphatic carbocycles. The average Bonchev–Trinajstić information content (AvgIpc) is 3.08. The summed E-state index contributed by atoms with van der Waals surface area (Å²) < 4.78 is 29.5. The Morgan fingerprint density at radius 2 is 1.29 bits per heavy atom. The summed E-state index contributed by atoms with van der Waals surface area (Å²) in [6.45, 7) is 8.59. The molecule has 2 aliphatic rings. The Hall–Kier alpha value is -4.21. The van der Waals surface area contributed by atoms with Crippen molar-refractivity contribution in [3.8, 4) is 11.5 Å². The molecule has 258 valence electrons. The van der Waals surface area contributed by atoms with Crippen molar-refractivity contribution in [2.45, 2.75) is 39.4 Å². The average molecular weight is 665 g/mol. The van der Waals surface area contributed by atoms with Gasteiger partial charge in [-0.25, -0.2) is 0 Å². The van der Waals surface area contributed by atoms with E-state index in [1.807, 2.05) is 0 Å². The molecule has 49 heavy (non-hydrogen) atoms. The molecule has 0 N–H and O–H groups in total. The molecule has 1 amide bonds. The van der Waals surface area contributed by atoms with Gasteiger partial charge in [-0.15, -0.1) is 0 Å². The van der Waals surface area contributed by atoms with Crippen molar-refractivity contribution in [3.63, 3.8) is 0 Å². The highest BCUT2D eigenvalue weighted by atomic mass is 16.5. The van der Waals surface area contributed by atoms with Gasteiger partial charge >= 0.3 is 0 Å². The van der Waals surface area contributed by atoms with Gasteiger partial charge in [0, 0.05) is 52.7 Å². The second-order valence-electron chi connectivity index (χ2n) is 12.9. The van der Waals surface area contributed by atoms with Crippen molar-refractivity contribution < 1.29 is 28.5 Å². The fourth-order valence-corrected chi connectivity index (χ4v) is 6.56. The highest BCUT2D eigenvalue weighted by Gasteiger charge is 2.17. The van der Waals surface area contributed by atoms with Crippen LogP contribution in [-0.4, -0.2) is 82.2 Å². The van der Waals surface area contributed by atoms with Crippen molar-refractivity contribution in [2.75, 3.05) is 66.4 Å². The van der Waals surface area contributed by atoms with Gasteiger partial charge in [-0.1, -0.05) is 78.4 Å². The number of methoxy groups -OCH3 is 1. The van der Waals surface area contributed by atoms with E-state index in [0.717, 1.165) is 55.1 Å². The topological polar surface area (TPSA) is 69.7 Å². The molecule has 0 atom stereocenters. The van der Waals surface area contributed by atoms with E-state index in [0.29, 0.717) is 52.7 Å². The molecule has 4 aromatic rings. The van der Waals surface area contributed by atoms with Crippen molar-refractivity contribution in [1.29, 1.82) is 0 Å². The summed E-state index contributed by atoms with van der Waals surface area (Å²) in [4.78, 5) is 17.0. The number of hydrogen-bond donors (Lipinski definition) is 0. The molecule has 6 rings (SSSR count). The number of amides is 1. The summed E-state index contributed by atoms with van der Waals surface area (Å²) in [5.41, 5.74) is 9.59. The van der Waals surface area contributed by atoms with Crippen molar-refractivity contribution in [1.82, 2.24) is 9.80 Å². The molecule has 8 nitrogen and oxygen atoms in total. The van der Waals surface area contributed by atoms with Crippen molar-refractivity contribution >= 4 is 5.91 Å². The van der Waals surface area contributed by atoms with E-state index in [1.165, 1.54) is 33.4 Å². The van der Waals surface area contributed by atoms with E-state index in [1.54, 1.807) is 12.0 Å². The zero-order valence-electron chi connectivity index (χ0n) is 28.8. The van der Waals surface area contributed by atoms with Crippen LogP contribution in [0.15, 0.2) is 84.9 Å². The van der Waals surface area contributed by atoms with Gasteiger partial charge in [0.25, 0.3) is 0 Å². The van der Waals surface area contributed by atoms with Crippen molar-refractivity contribution in [2.24, 2.45) is 0 Å². The van der Waals surface area contributed by atoms with Gasteiger partial charge in [-0.05, 0) is 58.0 Å². The number of fused-ring (bicyclic) bond motifs is 6. The van der Waals surface area contributed by atoms with E-state index in [4.69, 9.17) is 23.7 Å². The summed E-state index contributed by atoms with van der Waals surface area (Å²) in [6.07, 6.45) is 1.54. The summed E-state index contributed by atoms with van der Waals surface area (Å²) >= 11 is 0. The van der Waals surface area contributed by atoms with Gasteiger partial charge in [0.2, 0.25) is 5.91 Å². The first-order valence-electron chi connectivity index (χ1n) is 17.3. The smallest absolute Gasteiger partial charge is 0.248 e. The van der Waals surface area contributed by atoms with Gasteiger partial charge in [0.15, 0.2) is 0 Å². The molecule has 0 unspecified atom stereocenters. The van der Waals surface area contributed by atoms with Crippen LogP contribution in [0.1, 0.15) is 44.5 Å². The quantitative estimate of drug-likeness (QED) is 0.266. The number of hydrogen-bond acceptors (Lipinski definition) is 7. The minimum Gasteiger partial charge on any atom is -0.491 e. The third kappa shape index (κ3) is 10.2. The Bertz CT molecular complexity index is 1690. The maximum Gasteiger partial charge on any atom is 0.248 e. The zero-order chi connectivity index (χ0) is 33.8. The minimum atomic E-state index is -0.0477. The molecule has 0 saturated heterocycles. The number of aryl methyl sites for hydroxylation is 1. The molecule has 0 radical (unpaired) electrons. The number of nitrogens with zero attached hydrogens (tertiary/aromatic N) is 2. The van der Waals surface area contributed by atoms with E-state index in [9.17, 15) is 4.79 Å². The van der Waals surface area contributed by atoms with Crippen LogP contribution in [0.25, 0.3) is 0 Å². The molecule has 2 heterocycles. The van der Waals surface area contributed by atoms with E-state index in [2.05, 4.69) is 96.8 Å². The van der Waals surface area contributed by atoms with Gasteiger partial charge in [0.1, 0.15) is 31.3 Å². The van der Waals surface area contributed by atoms with Crippen LogP contribution in [0.5, 0.6) is 11.5 Å². The largest absolute Gasteiger partial charge is 0.491 e. The first-order valence-corrected chi connectivity index (χ1v) is 17.3. The van der Waals surface area contributed by atoms with Crippen LogP contribution >= 0.6 is 0 Å². The maximum atomic E-state index is 12.7. The molecular weight excluding hydrogens is 616 g/mol. The predicted octanol–water partition coefficient (Wildman–Crippen LogP) is 5.97. The summed E-state index contributed by atoms with van der Waals surface area (Å²) in [5.74, 6) is 1.76. The second-order valence-corrected chi connectivity index (χ2v) is 12.9. The third-order valence-electron chi connectivity index (χ3n) is 8.95. The van der Waals surface area contributed by atoms with Crippen LogP contribution in [0.4, 0.5) is 0 Å². The van der Waals surface area contributed by atoms with Gasteiger partial charge < -0.3 is 28.6 Å². The third-order valence-corrected chi connectivity index (χ3v) is 8.95. The molecule has 2 aliphatic heterocycles. The Morgan fingerprint density at radius 3 is 1.98 bits per heavy atom. The fraction of sp³-hybridized carbons (Fsp3) is 0.390. The molecule has 0 spiro atoms. The minimum absolute atomic E-state index is 0.0477. The van der Waals surface area contributed by atoms with Gasteiger partial charge in [-0.2, -0.15) is 0 Å². The molecule has 0 saturated carbocycles. The highest BCUT2D eigenvalue weighted by Crippen LogP contribution is 2.27. The maximum absolute atomic E-state index is 12.7. The SMILES string of the molecule is COCC(=O)N1CCOCCOc2ccc(CN3CCOCCOc4ccc(C)cc4Cc4cccc(c4)C3)cc2Cc2cccc(c2)C1. The lowest BCUT2D eigenvalue weighted by Gasteiger charge is -2.25. The first-order chi connectivity index (χ1) is 24.0. The summed E-state index contributed by atoms with van der Waals surface area (Å²) in [6, 6.07) is 30.3. The first kappa shape index (κ1) is 34.6. The van der Waals surface area contributed by atoms with Gasteiger partial charge in [-0.3, -0.25) is 9.69 Å². The lowest BCUT2D eigenvalue weighted by atomic mass is 9.99. The van der Waals surface area contributed by atoms with Crippen LogP contribution < -0.4 is 9.47 Å². The predicted molar refractivity (Wildman–Crippen MR) is 190 cm³/mol. The number of carbonyl (C=O) groups excluding carboxylic acids is 1. The number of ether oxygens (including phenoxy) is 5. The molecular formula is C41H48N2O6. The summed E-state index contributed by atoms with van der Waals surface area (Å²) in [5, 5.41) is 0. The number of rotatable bonds is 4. The summed E-state index contributed by atoms with van der Waals surface area (Å²) in [7, 11) is 1.55. The molecule has 0 fully saturated rings. The number of carbonyl (C=O) groups is 1. The van der Waals surface area contributed by atoms with Crippen LogP contribution in [0.3, 0.4) is 0 Å². The van der Waals surface area contributed by atoms with Crippen LogP contribution in [0, 0.1) is 6.92 Å². The molecule has 4 bridgehead atoms. The van der Waals surface area contributed by atoms with Gasteiger partial charge in [0.05, 0.1) is 26.4 Å². The molecule has 8 heteroatoms. The van der Waals surface area contributed by atoms with Crippen LogP contribution in [0.2, 0.25) is 0 Å². The fourth-order valence-electron chi connectivity index (χ4n) is 6.56. The Morgan fingerprint density at radius 1 is 0.673 bits per heavy atom. The van der Waals surface area contributed by atoms with Crippen LogP contribution in [-0.2, 0) is 51.5 Å². The monoisotopic (exact) mass is 664 g/mol. The van der Waals surface area contributed by atoms with Crippen molar-refractivity contribution in [3.05, 3.63) is 129 Å². The Balaban J connectivity index is 1.22. The molecule has 0 aromatic heterocycles. The lowest BCUT2D eigenvalue weighted by Crippen LogP contribution is -2.36. The molecule has 4 aromatic carbocycles. The Labute approximate surface area is 290 Å². The normalized spacial score (nSPS) is 16.6. The standard InChI is InChI=1S/C41H48N2O6/c1-31-9-11-39-37(21-31)24-32-5-3-7-34(22-32)27-42(13-15-46-17-19-48-39)28-36-10-12-40-38(26-36)25-33-6-4-8-35(23-33)29-43(41(44)30-45-2)14-16-47-18-20-49-40/h3-12,21-23,26H,13-20,24-25,27-30H2,1-2H3. The Kier molecular flexibility index (Phi) is 12.3. The second kappa shape index (κ2) is 17.4. The lowest BCUT2D eigenvalue weighted by molar-refractivity contribution is -0.136. The number of benzene rings is 4. The highest BCUT2D eigenvalue weighted by molar-refractivity contribution is 5.77. The van der Waals surface area contributed by atoms with E-state index >= 15 is 0 Å². The zero-order valence-corrected chi connectivity index (χ0v) is 28.8. The van der Waals surface area contributed by atoms with E-state index < -0.39 is 0 Å².